The molecule has 0 radical (unpaired) electrons. The van der Waals surface area contributed by atoms with E-state index in [2.05, 4.69) is 10.6 Å². The molecule has 0 aromatic carbocycles. The predicted octanol–water partition coefficient (Wildman–Crippen LogP) is 0.388. The zero-order valence-corrected chi connectivity index (χ0v) is 12.9. The Kier molecular flexibility index (Phi) is 5.22. The Morgan fingerprint density at radius 1 is 1.21 bits per heavy atom. The number of nitrogens with zero attached hydrogens (tertiary/aromatic N) is 1. The Bertz CT molecular complexity index is 377. The number of hydrogen-bond acceptors (Lipinski definition) is 4. The van der Waals surface area contributed by atoms with Crippen molar-refractivity contribution in [2.45, 2.75) is 44.2 Å². The Morgan fingerprint density at radius 3 is 2.63 bits per heavy atom. The molecule has 1 heterocycles. The maximum Gasteiger partial charge on any atom is 0.214 e. The van der Waals surface area contributed by atoms with Gasteiger partial charge < -0.3 is 10.6 Å². The largest absolute Gasteiger partial charge is 0.314 e. The highest BCUT2D eigenvalue weighted by Gasteiger charge is 2.34. The molecule has 1 saturated carbocycles. The van der Waals surface area contributed by atoms with Crippen molar-refractivity contribution in [3.8, 4) is 0 Å². The standard InChI is InChI=1S/C13H27N3O2S/c1-16(2)19(17,18)10-9-15-12-6-3-5-11(12)13-7-4-8-14-13/h11-15H,3-10H2,1-2H3. The summed E-state index contributed by atoms with van der Waals surface area (Å²) in [6.45, 7) is 1.71. The molecule has 6 heteroatoms. The van der Waals surface area contributed by atoms with E-state index in [1.54, 1.807) is 14.1 Å². The summed E-state index contributed by atoms with van der Waals surface area (Å²) in [4.78, 5) is 0. The van der Waals surface area contributed by atoms with Gasteiger partial charge in [-0.1, -0.05) is 6.42 Å². The molecule has 112 valence electrons. The third-order valence-corrected chi connectivity index (χ3v) is 6.34. The molecule has 1 aliphatic carbocycles. The second-order valence-electron chi connectivity index (χ2n) is 5.96. The van der Waals surface area contributed by atoms with E-state index >= 15 is 0 Å². The van der Waals surface area contributed by atoms with Crippen LogP contribution in [-0.2, 0) is 10.0 Å². The SMILES string of the molecule is CN(C)S(=O)(=O)CCNC1CCCC1C1CCCN1. The molecule has 2 aliphatic rings. The van der Waals surface area contributed by atoms with Crippen molar-refractivity contribution in [1.29, 1.82) is 0 Å². The summed E-state index contributed by atoms with van der Waals surface area (Å²) < 4.78 is 24.7. The minimum atomic E-state index is -3.07. The van der Waals surface area contributed by atoms with Crippen molar-refractivity contribution in [2.75, 3.05) is 32.9 Å². The lowest BCUT2D eigenvalue weighted by atomic mass is 9.93. The van der Waals surface area contributed by atoms with Crippen LogP contribution in [0.2, 0.25) is 0 Å². The summed E-state index contributed by atoms with van der Waals surface area (Å²) in [5.41, 5.74) is 0. The molecule has 2 N–H and O–H groups in total. The summed E-state index contributed by atoms with van der Waals surface area (Å²) >= 11 is 0. The van der Waals surface area contributed by atoms with E-state index in [9.17, 15) is 8.42 Å². The van der Waals surface area contributed by atoms with Crippen LogP contribution in [0, 0.1) is 5.92 Å². The van der Waals surface area contributed by atoms with Crippen LogP contribution in [0.3, 0.4) is 0 Å². The van der Waals surface area contributed by atoms with Crippen LogP contribution in [0.15, 0.2) is 0 Å². The van der Waals surface area contributed by atoms with Gasteiger partial charge in [0.1, 0.15) is 0 Å². The molecule has 2 fully saturated rings. The second-order valence-corrected chi connectivity index (χ2v) is 8.26. The number of sulfonamides is 1. The van der Waals surface area contributed by atoms with E-state index in [0.717, 1.165) is 6.54 Å². The Balaban J connectivity index is 1.78. The topological polar surface area (TPSA) is 61.4 Å². The van der Waals surface area contributed by atoms with Crippen molar-refractivity contribution < 1.29 is 8.42 Å². The van der Waals surface area contributed by atoms with Gasteiger partial charge in [-0.05, 0) is 38.1 Å². The number of rotatable bonds is 6. The lowest BCUT2D eigenvalue weighted by Crippen LogP contribution is -2.44. The summed E-state index contributed by atoms with van der Waals surface area (Å²) in [7, 11) is 0.116. The molecule has 1 saturated heterocycles. The average Bonchev–Trinajstić information content (AvgIpc) is 2.97. The third-order valence-electron chi connectivity index (χ3n) is 4.51. The molecule has 0 aromatic heterocycles. The normalized spacial score (nSPS) is 32.3. The zero-order chi connectivity index (χ0) is 13.9. The van der Waals surface area contributed by atoms with Gasteiger partial charge in [0.15, 0.2) is 0 Å². The van der Waals surface area contributed by atoms with E-state index in [-0.39, 0.29) is 5.75 Å². The lowest BCUT2D eigenvalue weighted by molar-refractivity contribution is 0.325. The molecule has 0 spiro atoms. The molecule has 0 aromatic rings. The smallest absolute Gasteiger partial charge is 0.214 e. The lowest BCUT2D eigenvalue weighted by Gasteiger charge is -2.26. The molecular weight excluding hydrogens is 262 g/mol. The van der Waals surface area contributed by atoms with Gasteiger partial charge in [0.2, 0.25) is 10.0 Å². The molecular formula is C13H27N3O2S. The van der Waals surface area contributed by atoms with Gasteiger partial charge in [-0.2, -0.15) is 0 Å². The van der Waals surface area contributed by atoms with Crippen LogP contribution in [0.5, 0.6) is 0 Å². The molecule has 19 heavy (non-hydrogen) atoms. The summed E-state index contributed by atoms with van der Waals surface area (Å²) in [5, 5.41) is 7.06. The highest BCUT2D eigenvalue weighted by atomic mass is 32.2. The first-order valence-electron chi connectivity index (χ1n) is 7.37. The molecule has 0 bridgehead atoms. The fourth-order valence-electron chi connectivity index (χ4n) is 3.36. The predicted molar refractivity (Wildman–Crippen MR) is 77.6 cm³/mol. The minimum absolute atomic E-state index is 0.196. The van der Waals surface area contributed by atoms with E-state index < -0.39 is 10.0 Å². The fraction of sp³-hybridized carbons (Fsp3) is 1.00. The van der Waals surface area contributed by atoms with Crippen molar-refractivity contribution in [1.82, 2.24) is 14.9 Å². The van der Waals surface area contributed by atoms with E-state index in [4.69, 9.17) is 0 Å². The second kappa shape index (κ2) is 6.52. The summed E-state index contributed by atoms with van der Waals surface area (Å²) in [5.74, 6) is 0.881. The van der Waals surface area contributed by atoms with Gasteiger partial charge in [0.05, 0.1) is 5.75 Å². The summed E-state index contributed by atoms with van der Waals surface area (Å²) in [6, 6.07) is 1.14. The first-order chi connectivity index (χ1) is 9.00. The highest BCUT2D eigenvalue weighted by Crippen LogP contribution is 2.31. The van der Waals surface area contributed by atoms with Gasteiger partial charge in [-0.25, -0.2) is 12.7 Å². The van der Waals surface area contributed by atoms with Gasteiger partial charge in [0.25, 0.3) is 0 Å². The number of nitrogens with one attached hydrogen (secondary N) is 2. The fourth-order valence-corrected chi connectivity index (χ4v) is 4.10. The van der Waals surface area contributed by atoms with E-state index in [1.165, 1.54) is 36.4 Å². The van der Waals surface area contributed by atoms with Crippen molar-refractivity contribution >= 4 is 10.0 Å². The van der Waals surface area contributed by atoms with Crippen LogP contribution < -0.4 is 10.6 Å². The quantitative estimate of drug-likeness (QED) is 0.742. The zero-order valence-electron chi connectivity index (χ0n) is 12.1. The highest BCUT2D eigenvalue weighted by molar-refractivity contribution is 7.89. The van der Waals surface area contributed by atoms with Crippen molar-refractivity contribution in [3.63, 3.8) is 0 Å². The molecule has 5 nitrogen and oxygen atoms in total. The Morgan fingerprint density at radius 2 is 2.00 bits per heavy atom. The van der Waals surface area contributed by atoms with E-state index in [1.807, 2.05) is 0 Å². The van der Waals surface area contributed by atoms with Gasteiger partial charge in [-0.3, -0.25) is 0 Å². The van der Waals surface area contributed by atoms with Gasteiger partial charge >= 0.3 is 0 Å². The average molecular weight is 289 g/mol. The summed E-state index contributed by atoms with van der Waals surface area (Å²) in [6.07, 6.45) is 6.28. The van der Waals surface area contributed by atoms with Crippen molar-refractivity contribution in [3.05, 3.63) is 0 Å². The molecule has 3 unspecified atom stereocenters. The van der Waals surface area contributed by atoms with Gasteiger partial charge in [-0.15, -0.1) is 0 Å². The first kappa shape index (κ1) is 15.2. The monoisotopic (exact) mass is 289 g/mol. The molecule has 2 rings (SSSR count). The molecule has 3 atom stereocenters. The third kappa shape index (κ3) is 3.90. The molecule has 0 amide bonds. The van der Waals surface area contributed by atoms with Crippen LogP contribution >= 0.6 is 0 Å². The molecule has 1 aliphatic heterocycles. The maximum absolute atomic E-state index is 11.7. The van der Waals surface area contributed by atoms with Crippen LogP contribution in [0.25, 0.3) is 0 Å². The maximum atomic E-state index is 11.7. The minimum Gasteiger partial charge on any atom is -0.314 e. The van der Waals surface area contributed by atoms with Crippen molar-refractivity contribution in [2.24, 2.45) is 5.92 Å². The van der Waals surface area contributed by atoms with Gasteiger partial charge in [0, 0.05) is 32.7 Å². The van der Waals surface area contributed by atoms with Crippen LogP contribution in [0.1, 0.15) is 32.1 Å². The van der Waals surface area contributed by atoms with Crippen LogP contribution in [0.4, 0.5) is 0 Å². The number of hydrogen-bond donors (Lipinski definition) is 2. The Labute approximate surface area is 117 Å². The first-order valence-corrected chi connectivity index (χ1v) is 8.98. The van der Waals surface area contributed by atoms with Crippen LogP contribution in [-0.4, -0.2) is 57.7 Å². The van der Waals surface area contributed by atoms with E-state index in [0.29, 0.717) is 24.5 Å². The Hall–Kier alpha value is -0.170.